The molecule has 14 rings (SSSR count). The van der Waals surface area contributed by atoms with Crippen LogP contribution < -0.4 is 22.9 Å². The molecule has 0 spiro atoms. The van der Waals surface area contributed by atoms with Gasteiger partial charge in [-0.1, -0.05) is 39.9 Å². The molecule has 5 unspecified atom stereocenters. The molecule has 95 heavy (non-hydrogen) atoms. The lowest BCUT2D eigenvalue weighted by atomic mass is 10.0. The van der Waals surface area contributed by atoms with Crippen LogP contribution in [0.25, 0.3) is 44.7 Å². The molecule has 0 aromatic carbocycles. The van der Waals surface area contributed by atoms with Crippen LogP contribution in [0.15, 0.2) is 50.6 Å². The summed E-state index contributed by atoms with van der Waals surface area (Å²) in [6.07, 6.45) is -6.36. The molecule has 6 aliphatic rings. The third-order valence-corrected chi connectivity index (χ3v) is 27.9. The van der Waals surface area contributed by atoms with E-state index in [0.717, 1.165) is 0 Å². The van der Waals surface area contributed by atoms with E-state index in [0.29, 0.717) is 22.3 Å². The van der Waals surface area contributed by atoms with Crippen molar-refractivity contribution in [3.8, 4) is 0 Å². The monoisotopic (exact) mass is 1490 g/mol. The summed E-state index contributed by atoms with van der Waals surface area (Å²) < 4.78 is 99.2. The van der Waals surface area contributed by atoms with Crippen LogP contribution in [0.4, 0.5) is 23.3 Å². The van der Waals surface area contributed by atoms with Crippen LogP contribution in [0.1, 0.15) is 52.6 Å². The van der Waals surface area contributed by atoms with Gasteiger partial charge in [-0.15, -0.1) is 0 Å². The summed E-state index contributed by atoms with van der Waals surface area (Å²) >= 11 is 20.5. The minimum Gasteiger partial charge on any atom is -0.408 e. The molecule has 6 aliphatic heterocycles. The summed E-state index contributed by atoms with van der Waals surface area (Å²) in [7, 11) is -2.59. The summed E-state index contributed by atoms with van der Waals surface area (Å²) in [6.45, 7) is -5.90. The van der Waals surface area contributed by atoms with Crippen molar-refractivity contribution in [2.24, 2.45) is 5.92 Å². The van der Waals surface area contributed by atoms with Gasteiger partial charge in [0, 0.05) is 5.92 Å². The van der Waals surface area contributed by atoms with Gasteiger partial charge in [0.05, 0.1) is 57.8 Å². The Morgan fingerprint density at radius 2 is 0.821 bits per heavy atom. The maximum Gasteiger partial charge on any atom is 0.386 e. The Kier molecular flexibility index (Phi) is 18.8. The van der Waals surface area contributed by atoms with Gasteiger partial charge in [-0.3, -0.25) is 40.9 Å². The van der Waals surface area contributed by atoms with Crippen molar-refractivity contribution >= 4 is 151 Å². The second kappa shape index (κ2) is 25.9. The number of fused-ring (bicyclic) bond motifs is 12. The SMILES string of the molecule is C[C@H]1[C@H]2OP(=O)(S)OC[C@H]3O[C@@H](n4cnc5c(N)ncnc54)[C@H](OP(O)(=S)OC[C@H]1O[C@H]2n1cnc2c(N)ncnc21)[C@@H]3O[Si](C)(C)C(C)(C)C.Nc1ncnc2c1ncn2[C@@H]1O[C@@H]2COP(O)(=S)O[C@@H]3[C@H](O)[C@@H](COP(O)(=S)OC1[C@@H]2O)O[C@H]3n1cnc2c(N)ncnc21. The molecule has 20 atom stereocenters. The average Bonchev–Trinajstić information content (AvgIpc) is 1.63. The van der Waals surface area contributed by atoms with E-state index >= 15 is 0 Å². The Morgan fingerprint density at radius 1 is 0.505 bits per heavy atom. The summed E-state index contributed by atoms with van der Waals surface area (Å²) in [5, 5.41) is 22.2. The van der Waals surface area contributed by atoms with Gasteiger partial charge in [0.25, 0.3) is 0 Å². The molecule has 39 nitrogen and oxygen atoms in total. The van der Waals surface area contributed by atoms with Gasteiger partial charge in [0.1, 0.15) is 108 Å². The van der Waals surface area contributed by atoms with E-state index in [1.807, 2.05) is 6.92 Å². The zero-order valence-electron chi connectivity index (χ0n) is 50.6. The number of imidazole rings is 4. The molecule has 6 fully saturated rings. The smallest absolute Gasteiger partial charge is 0.386 e. The van der Waals surface area contributed by atoms with Crippen LogP contribution >= 0.6 is 39.2 Å². The van der Waals surface area contributed by atoms with Crippen LogP contribution in [-0.4, -0.2) is 205 Å². The molecule has 8 aromatic rings. The third-order valence-electron chi connectivity index (χ3n) is 17.1. The van der Waals surface area contributed by atoms with Crippen LogP contribution in [-0.2, 0) is 99.5 Å². The Hall–Kier alpha value is -4.57. The number of nitrogen functional groups attached to an aromatic ring is 4. The van der Waals surface area contributed by atoms with E-state index in [2.05, 4.69) is 106 Å². The number of nitrogens with zero attached hydrogens (tertiary/aromatic N) is 16. The minimum absolute atomic E-state index is 0.100. The fourth-order valence-electron chi connectivity index (χ4n) is 11.3. The van der Waals surface area contributed by atoms with Crippen molar-refractivity contribution < 1.29 is 89.0 Å². The second-order valence-corrected chi connectivity index (χ2v) is 40.1. The number of aromatic nitrogens is 16. The van der Waals surface area contributed by atoms with E-state index in [1.165, 1.54) is 59.8 Å². The quantitative estimate of drug-likeness (QED) is 0.0648. The second-order valence-electron chi connectivity index (χ2n) is 24.1. The fourth-order valence-corrected chi connectivity index (χ4v) is 18.4. The molecule has 13 N–H and O–H groups in total. The third kappa shape index (κ3) is 13.5. The predicted molar refractivity (Wildman–Crippen MR) is 347 cm³/mol. The molecule has 0 saturated carbocycles. The first kappa shape index (κ1) is 68.9. The zero-order valence-corrected chi connectivity index (χ0v) is 58.5. The number of anilines is 4. The first-order chi connectivity index (χ1) is 44.8. The normalized spacial score (nSPS) is 36.7. The molecule has 0 amide bonds. The van der Waals surface area contributed by atoms with Crippen molar-refractivity contribution in [3.05, 3.63) is 50.6 Å². The summed E-state index contributed by atoms with van der Waals surface area (Å²) in [6, 6.07) is 0. The maximum absolute atomic E-state index is 14.1. The number of nitrogens with two attached hydrogens (primary N) is 4. The Bertz CT molecular complexity index is 4300. The standard InChI is InChI=1S/C27H40N10O9P2S2Si.C20H24N10O10P2S2/c1-13-14-7-40-48(39,50)45-20-19(46-51(5,6)27(2,3)4)15(43-26(20)37-12-35-17-22(29)31-10-33-24(17)37)8-41-47(38,49)44-18(13)25(42-14)36-11-34-16-21(28)30-9-32-23(16)36;21-15-9-17(25-3-23-15)29(5-27-9)19-13-11(31)7(37-19)1-35-41(33,43)39-14-12(32)8(2-36-42(34,44)40-13)38-20(14)30-6-28-10-16(22)24-4-26-18(10)30/h9-15,18-20,25-26H,7-8H2,1-6H3,(H,38,49)(H,39,50)(H2,28,30,32)(H2,29,31,33);3-8,11-14,19-20,31-32H,1-2H2,(H,33,43)(H,34,44)(H2,21,23,25)(H2,22,24,26)/t13-,14-,15-,18-,19-,20-,25-,26-,47?,48?;7-,8-,11-,12-,13-,14?,19-,20-,41?,42?/m11/s1. The van der Waals surface area contributed by atoms with E-state index in [4.69, 9.17) is 118 Å². The first-order valence-electron chi connectivity index (χ1n) is 28.8. The van der Waals surface area contributed by atoms with Gasteiger partial charge in [0.2, 0.25) is 0 Å². The number of aliphatic hydroxyl groups excluding tert-OH is 2. The Morgan fingerprint density at radius 3 is 1.20 bits per heavy atom. The van der Waals surface area contributed by atoms with Gasteiger partial charge in [0.15, 0.2) is 79.1 Å². The van der Waals surface area contributed by atoms with Crippen molar-refractivity contribution in [1.29, 1.82) is 0 Å². The molecule has 8 bridgehead atoms. The molecule has 0 radical (unpaired) electrons. The van der Waals surface area contributed by atoms with Gasteiger partial charge in [-0.2, -0.15) is 0 Å². The molecule has 48 heteroatoms. The summed E-state index contributed by atoms with van der Waals surface area (Å²) in [5.74, 6) is 0.0368. The van der Waals surface area contributed by atoms with E-state index in [-0.39, 0.29) is 63.9 Å². The zero-order chi connectivity index (χ0) is 67.6. The number of ether oxygens (including phenoxy) is 4. The van der Waals surface area contributed by atoms with E-state index in [1.54, 1.807) is 9.13 Å². The van der Waals surface area contributed by atoms with Gasteiger partial charge in [-0.25, -0.2) is 64.4 Å². The Balaban J connectivity index is 0.000000174. The van der Waals surface area contributed by atoms with Gasteiger partial charge >= 0.3 is 27.0 Å². The Labute approximate surface area is 558 Å². The van der Waals surface area contributed by atoms with E-state index in [9.17, 15) is 29.5 Å². The highest BCUT2D eigenvalue weighted by atomic mass is 32.7. The largest absolute Gasteiger partial charge is 0.408 e. The highest BCUT2D eigenvalue weighted by Gasteiger charge is 2.57. The van der Waals surface area contributed by atoms with Crippen LogP contribution in [0.3, 0.4) is 0 Å². The van der Waals surface area contributed by atoms with E-state index < -0.39 is 146 Å². The van der Waals surface area contributed by atoms with Crippen molar-refractivity contribution in [2.75, 3.05) is 49.4 Å². The predicted octanol–water partition coefficient (Wildman–Crippen LogP) is 2.32. The molecule has 0 aliphatic carbocycles. The van der Waals surface area contributed by atoms with Crippen molar-refractivity contribution in [2.45, 2.75) is 138 Å². The van der Waals surface area contributed by atoms with Crippen LogP contribution in [0.5, 0.6) is 0 Å². The summed E-state index contributed by atoms with van der Waals surface area (Å²) in [5.41, 5.74) is 26.3. The highest BCUT2D eigenvalue weighted by molar-refractivity contribution is 8.44. The number of thiol groups is 1. The summed E-state index contributed by atoms with van der Waals surface area (Å²) in [4.78, 5) is 83.8. The number of hydrogen-bond acceptors (Lipinski definition) is 35. The van der Waals surface area contributed by atoms with Gasteiger partial charge in [-0.05, 0) is 53.6 Å². The lowest BCUT2D eigenvalue weighted by Gasteiger charge is -2.41. The van der Waals surface area contributed by atoms with Crippen LogP contribution in [0.2, 0.25) is 18.1 Å². The number of aliphatic hydroxyl groups is 2. The minimum atomic E-state index is -4.16. The molecule has 6 saturated heterocycles. The van der Waals surface area contributed by atoms with Crippen molar-refractivity contribution in [1.82, 2.24) is 78.1 Å². The van der Waals surface area contributed by atoms with Crippen molar-refractivity contribution in [3.63, 3.8) is 0 Å². The highest BCUT2D eigenvalue weighted by Crippen LogP contribution is 2.60. The van der Waals surface area contributed by atoms with Crippen LogP contribution in [0, 0.1) is 5.92 Å². The number of hydrogen-bond donors (Lipinski definition) is 10. The molecular weight excluding hydrogens is 1430 g/mol. The number of rotatable bonds is 6. The molecule has 514 valence electrons. The molecular formula is C47H64N20O19P4S4Si. The lowest BCUT2D eigenvalue weighted by Crippen LogP contribution is -2.50. The first-order valence-corrected chi connectivity index (χ1v) is 42.2. The maximum atomic E-state index is 14.1. The lowest BCUT2D eigenvalue weighted by molar-refractivity contribution is -0.0615. The molecule has 14 heterocycles. The fraction of sp³-hybridized carbons (Fsp3) is 0.574. The van der Waals surface area contributed by atoms with Gasteiger partial charge < -0.3 is 84.8 Å². The molecule has 8 aromatic heterocycles. The topological polar surface area (TPSA) is 517 Å². The average molecular weight is 1490 g/mol.